The van der Waals surface area contributed by atoms with Crippen LogP contribution in [0.3, 0.4) is 0 Å². The number of hydrogen-bond donors (Lipinski definition) is 3. The Labute approximate surface area is 128 Å². The molecule has 1 atom stereocenters. The third-order valence-electron chi connectivity index (χ3n) is 3.23. The predicted molar refractivity (Wildman–Crippen MR) is 87.7 cm³/mol. The molecule has 2 amide bonds. The molecule has 0 aliphatic carbocycles. The molecule has 21 heavy (non-hydrogen) atoms. The Balaban J connectivity index is 1.99. The van der Waals surface area contributed by atoms with Gasteiger partial charge < -0.3 is 15.7 Å². The predicted octanol–water partition coefficient (Wildman–Crippen LogP) is 3.70. The maximum Gasteiger partial charge on any atom is 0.319 e. The van der Waals surface area contributed by atoms with Crippen LogP contribution in [0.25, 0.3) is 10.4 Å². The van der Waals surface area contributed by atoms with E-state index in [0.29, 0.717) is 6.42 Å². The van der Waals surface area contributed by atoms with Gasteiger partial charge in [0.15, 0.2) is 0 Å². The van der Waals surface area contributed by atoms with E-state index < -0.39 is 0 Å². The summed E-state index contributed by atoms with van der Waals surface area (Å²) in [5.74, 6) is 0. The van der Waals surface area contributed by atoms with Crippen LogP contribution in [0.2, 0.25) is 0 Å². The summed E-state index contributed by atoms with van der Waals surface area (Å²) in [4.78, 5) is 13.1. The van der Waals surface area contributed by atoms with Gasteiger partial charge in [0.2, 0.25) is 0 Å². The fourth-order valence-corrected chi connectivity index (χ4v) is 2.80. The van der Waals surface area contributed by atoms with E-state index in [9.17, 15) is 4.79 Å². The first-order valence-electron chi connectivity index (χ1n) is 7.05. The second-order valence-corrected chi connectivity index (χ2v) is 5.72. The van der Waals surface area contributed by atoms with Crippen molar-refractivity contribution in [2.24, 2.45) is 0 Å². The average Bonchev–Trinajstić information content (AvgIpc) is 3.01. The number of hydrogen-bond acceptors (Lipinski definition) is 3. The number of amides is 2. The minimum absolute atomic E-state index is 0.00419. The Bertz CT molecular complexity index is 569. The Morgan fingerprint density at radius 1 is 1.33 bits per heavy atom. The smallest absolute Gasteiger partial charge is 0.319 e. The number of nitrogens with one attached hydrogen (secondary N) is 2. The lowest BCUT2D eigenvalue weighted by atomic mass is 10.1. The van der Waals surface area contributed by atoms with Crippen LogP contribution < -0.4 is 10.6 Å². The van der Waals surface area contributed by atoms with E-state index in [-0.39, 0.29) is 18.7 Å². The molecule has 0 saturated heterocycles. The lowest BCUT2D eigenvalue weighted by Gasteiger charge is -2.16. The molecule has 0 aliphatic rings. The molecule has 0 saturated carbocycles. The van der Waals surface area contributed by atoms with Crippen molar-refractivity contribution < 1.29 is 9.90 Å². The molecule has 0 radical (unpaired) electrons. The molecular weight excluding hydrogens is 284 g/mol. The molecule has 0 aliphatic heterocycles. The van der Waals surface area contributed by atoms with Crippen molar-refractivity contribution in [3.63, 3.8) is 0 Å². The SMILES string of the molecule is CCC(CCO)NC(=O)Nc1cccc(-c2cccs2)c1. The van der Waals surface area contributed by atoms with Gasteiger partial charge in [-0.15, -0.1) is 11.3 Å². The zero-order valence-corrected chi connectivity index (χ0v) is 12.8. The summed E-state index contributed by atoms with van der Waals surface area (Å²) in [5.41, 5.74) is 1.85. The first-order valence-corrected chi connectivity index (χ1v) is 7.93. The number of anilines is 1. The number of aliphatic hydroxyl groups excluding tert-OH is 1. The number of carbonyl (C=O) groups excluding carboxylic acids is 1. The van der Waals surface area contributed by atoms with Crippen LogP contribution in [0.15, 0.2) is 41.8 Å². The van der Waals surface area contributed by atoms with Gasteiger partial charge in [-0.25, -0.2) is 4.79 Å². The van der Waals surface area contributed by atoms with Crippen molar-refractivity contribution in [1.82, 2.24) is 5.32 Å². The summed E-state index contributed by atoms with van der Waals surface area (Å²) in [5, 5.41) is 16.7. The molecule has 2 rings (SSSR count). The molecule has 3 N–H and O–H groups in total. The van der Waals surface area contributed by atoms with Crippen LogP contribution in [-0.4, -0.2) is 23.8 Å². The van der Waals surface area contributed by atoms with Gasteiger partial charge >= 0.3 is 6.03 Å². The molecule has 1 heterocycles. The maximum absolute atomic E-state index is 12.0. The fourth-order valence-electron chi connectivity index (χ4n) is 2.08. The van der Waals surface area contributed by atoms with Gasteiger partial charge in [-0.05, 0) is 42.0 Å². The minimum atomic E-state index is -0.237. The number of aliphatic hydroxyl groups is 1. The normalized spacial score (nSPS) is 11.9. The van der Waals surface area contributed by atoms with E-state index in [4.69, 9.17) is 5.11 Å². The quantitative estimate of drug-likeness (QED) is 0.762. The van der Waals surface area contributed by atoms with Gasteiger partial charge in [0.05, 0.1) is 0 Å². The van der Waals surface area contributed by atoms with Crippen LogP contribution in [-0.2, 0) is 0 Å². The van der Waals surface area contributed by atoms with Crippen molar-refractivity contribution in [2.75, 3.05) is 11.9 Å². The molecular formula is C16H20N2O2S. The second-order valence-electron chi connectivity index (χ2n) is 4.77. The first-order chi connectivity index (χ1) is 10.2. The summed E-state index contributed by atoms with van der Waals surface area (Å²) >= 11 is 1.67. The third kappa shape index (κ3) is 4.58. The molecule has 1 aromatic carbocycles. The van der Waals surface area contributed by atoms with Crippen molar-refractivity contribution in [3.05, 3.63) is 41.8 Å². The second kappa shape index (κ2) is 7.81. The van der Waals surface area contributed by atoms with E-state index in [2.05, 4.69) is 16.7 Å². The molecule has 2 aromatic rings. The Morgan fingerprint density at radius 2 is 2.19 bits per heavy atom. The molecule has 1 aromatic heterocycles. The van der Waals surface area contributed by atoms with Crippen molar-refractivity contribution in [1.29, 1.82) is 0 Å². The van der Waals surface area contributed by atoms with Gasteiger partial charge in [0.25, 0.3) is 0 Å². The van der Waals surface area contributed by atoms with Gasteiger partial charge in [-0.2, -0.15) is 0 Å². The molecule has 1 unspecified atom stereocenters. The molecule has 4 nitrogen and oxygen atoms in total. The van der Waals surface area contributed by atoms with Crippen LogP contribution in [0, 0.1) is 0 Å². The number of urea groups is 1. The van der Waals surface area contributed by atoms with Gasteiger partial charge in [-0.3, -0.25) is 0 Å². The summed E-state index contributed by atoms with van der Waals surface area (Å²) in [7, 11) is 0. The van der Waals surface area contributed by atoms with Crippen molar-refractivity contribution in [3.8, 4) is 10.4 Å². The highest BCUT2D eigenvalue weighted by atomic mass is 32.1. The summed E-state index contributed by atoms with van der Waals surface area (Å²) in [6.07, 6.45) is 1.36. The lowest BCUT2D eigenvalue weighted by Crippen LogP contribution is -2.38. The summed E-state index contributed by atoms with van der Waals surface area (Å²) in [6, 6.07) is 11.6. The lowest BCUT2D eigenvalue weighted by molar-refractivity contribution is 0.237. The third-order valence-corrected chi connectivity index (χ3v) is 4.15. The number of rotatable bonds is 6. The highest BCUT2D eigenvalue weighted by molar-refractivity contribution is 7.13. The molecule has 0 bridgehead atoms. The average molecular weight is 304 g/mol. The highest BCUT2D eigenvalue weighted by Crippen LogP contribution is 2.26. The first kappa shape index (κ1) is 15.5. The van der Waals surface area contributed by atoms with Crippen LogP contribution in [0.5, 0.6) is 0 Å². The van der Waals surface area contributed by atoms with Gasteiger partial charge in [0, 0.05) is 23.2 Å². The monoisotopic (exact) mass is 304 g/mol. The van der Waals surface area contributed by atoms with Crippen LogP contribution in [0.1, 0.15) is 19.8 Å². The van der Waals surface area contributed by atoms with Crippen molar-refractivity contribution in [2.45, 2.75) is 25.8 Å². The number of thiophene rings is 1. The molecule has 0 spiro atoms. The fraction of sp³-hybridized carbons (Fsp3) is 0.312. The van der Waals surface area contributed by atoms with E-state index in [1.54, 1.807) is 11.3 Å². The number of carbonyl (C=O) groups is 1. The van der Waals surface area contributed by atoms with E-state index >= 15 is 0 Å². The Hall–Kier alpha value is -1.85. The Morgan fingerprint density at radius 3 is 2.86 bits per heavy atom. The van der Waals surface area contributed by atoms with Crippen LogP contribution >= 0.6 is 11.3 Å². The van der Waals surface area contributed by atoms with Crippen molar-refractivity contribution >= 4 is 23.1 Å². The highest BCUT2D eigenvalue weighted by Gasteiger charge is 2.10. The molecule has 5 heteroatoms. The zero-order valence-electron chi connectivity index (χ0n) is 12.0. The summed E-state index contributed by atoms with van der Waals surface area (Å²) < 4.78 is 0. The van der Waals surface area contributed by atoms with E-state index in [1.807, 2.05) is 42.6 Å². The maximum atomic E-state index is 12.0. The van der Waals surface area contributed by atoms with Crippen LogP contribution in [0.4, 0.5) is 10.5 Å². The van der Waals surface area contributed by atoms with Gasteiger partial charge in [-0.1, -0.05) is 25.1 Å². The van der Waals surface area contributed by atoms with Gasteiger partial charge in [0.1, 0.15) is 0 Å². The standard InChI is InChI=1S/C16H20N2O2S/c1-2-13(8-9-19)17-16(20)18-14-6-3-5-12(11-14)15-7-4-10-21-15/h3-7,10-11,13,19H,2,8-9H2,1H3,(H2,17,18,20). The largest absolute Gasteiger partial charge is 0.396 e. The minimum Gasteiger partial charge on any atom is -0.396 e. The molecule has 0 fully saturated rings. The van der Waals surface area contributed by atoms with E-state index in [1.165, 1.54) is 4.88 Å². The number of benzene rings is 1. The summed E-state index contributed by atoms with van der Waals surface area (Å²) in [6.45, 7) is 2.06. The topological polar surface area (TPSA) is 61.4 Å². The zero-order chi connectivity index (χ0) is 15.1. The molecule has 112 valence electrons. The van der Waals surface area contributed by atoms with E-state index in [0.717, 1.165) is 17.7 Å². The Kier molecular flexibility index (Phi) is 5.78.